The number of allylic oxidation sites excluding steroid dienone is 1. The highest BCUT2D eigenvalue weighted by atomic mass is 16.6. The van der Waals surface area contributed by atoms with E-state index in [0.717, 1.165) is 69.3 Å². The van der Waals surface area contributed by atoms with Gasteiger partial charge in [-0.15, -0.1) is 6.58 Å². The molecule has 0 saturated heterocycles. The Hall–Kier alpha value is -2.62. The van der Waals surface area contributed by atoms with E-state index in [-0.39, 0.29) is 29.1 Å². The number of carbonyl (C=O) groups is 2. The van der Waals surface area contributed by atoms with Crippen molar-refractivity contribution in [2.24, 2.45) is 39.9 Å². The summed E-state index contributed by atoms with van der Waals surface area (Å²) in [4.78, 5) is 23.2. The first kappa shape index (κ1) is 54.7. The standard InChI is InChI=1S/C54H93NO8/c1-15-17-22-32-60-49(5,6)39-53(13)29-27-46(42(16-2)34-53)43-35-54(14,36-43)40-50(7,8)61-33-23-21-28-48(3,4)52(11,12)62-38-44(37-59-45-25-19-18-20-26-45)51(9,10)63-47(57)55-30-24-31-58-41-56/h16,18-20,25-26,41-44,46H,2,15,17,21-24,27-40H2,1,3-14H3,(H,55,57). The number of benzene rings is 1. The van der Waals surface area contributed by atoms with Crippen LogP contribution in [-0.4, -0.2) is 74.5 Å². The van der Waals surface area contributed by atoms with Crippen molar-refractivity contribution in [2.45, 2.75) is 202 Å². The summed E-state index contributed by atoms with van der Waals surface area (Å²) in [6.45, 7) is 36.7. The minimum Gasteiger partial charge on any atom is -0.493 e. The lowest BCUT2D eigenvalue weighted by molar-refractivity contribution is -0.139. The number of rotatable bonds is 31. The fourth-order valence-corrected chi connectivity index (χ4v) is 10.8. The summed E-state index contributed by atoms with van der Waals surface area (Å²) < 4.78 is 36.7. The molecule has 0 aliphatic heterocycles. The monoisotopic (exact) mass is 884 g/mol. The van der Waals surface area contributed by atoms with E-state index < -0.39 is 17.3 Å². The smallest absolute Gasteiger partial charge is 0.407 e. The Kier molecular flexibility index (Phi) is 21.0. The van der Waals surface area contributed by atoms with Crippen molar-refractivity contribution in [3.8, 4) is 5.75 Å². The predicted octanol–water partition coefficient (Wildman–Crippen LogP) is 13.3. The Bertz CT molecular complexity index is 1500. The van der Waals surface area contributed by atoms with E-state index in [1.165, 1.54) is 44.9 Å². The minimum atomic E-state index is -0.896. The molecule has 2 fully saturated rings. The SMILES string of the molecule is C=CC1CC(C)(CC(C)(C)OCCCCC)CCC1C1CC(C)(CC(C)(C)OCCCCC(C)(C)C(C)(C)OCC(COc2ccccc2)C(C)(C)OC(=O)NCCCOC=O)C1. The molecule has 1 N–H and O–H groups in total. The second-order valence-corrected chi connectivity index (χ2v) is 23.1. The van der Waals surface area contributed by atoms with E-state index in [2.05, 4.69) is 94.1 Å². The van der Waals surface area contributed by atoms with Crippen LogP contribution < -0.4 is 10.1 Å². The molecular weight excluding hydrogens is 791 g/mol. The van der Waals surface area contributed by atoms with E-state index >= 15 is 0 Å². The summed E-state index contributed by atoms with van der Waals surface area (Å²) in [5.74, 6) is 2.59. The molecule has 362 valence electrons. The quantitative estimate of drug-likeness (QED) is 0.0447. The summed E-state index contributed by atoms with van der Waals surface area (Å²) in [7, 11) is 0. The van der Waals surface area contributed by atoms with Crippen LogP contribution in [0.25, 0.3) is 0 Å². The second-order valence-electron chi connectivity index (χ2n) is 23.1. The van der Waals surface area contributed by atoms with Crippen molar-refractivity contribution in [1.29, 1.82) is 0 Å². The third-order valence-electron chi connectivity index (χ3n) is 15.0. The van der Waals surface area contributed by atoms with Crippen LogP contribution >= 0.6 is 0 Å². The first-order valence-corrected chi connectivity index (χ1v) is 24.6. The number of alkyl carbamates (subject to hydrolysis) is 1. The topological polar surface area (TPSA) is 102 Å². The van der Waals surface area contributed by atoms with Gasteiger partial charge in [-0.1, -0.05) is 78.2 Å². The molecule has 9 heteroatoms. The van der Waals surface area contributed by atoms with Gasteiger partial charge in [0, 0.05) is 19.8 Å². The molecule has 63 heavy (non-hydrogen) atoms. The molecule has 0 spiro atoms. The molecule has 0 heterocycles. The number of para-hydroxylation sites is 1. The molecule has 2 aliphatic carbocycles. The van der Waals surface area contributed by atoms with Gasteiger partial charge in [0.2, 0.25) is 0 Å². The summed E-state index contributed by atoms with van der Waals surface area (Å²) >= 11 is 0. The van der Waals surface area contributed by atoms with Crippen LogP contribution in [0.4, 0.5) is 4.79 Å². The van der Waals surface area contributed by atoms with Crippen LogP contribution in [0.3, 0.4) is 0 Å². The maximum absolute atomic E-state index is 12.8. The van der Waals surface area contributed by atoms with Gasteiger partial charge in [-0.25, -0.2) is 4.79 Å². The largest absolute Gasteiger partial charge is 0.493 e. The maximum Gasteiger partial charge on any atom is 0.407 e. The molecule has 0 radical (unpaired) electrons. The van der Waals surface area contributed by atoms with Crippen LogP contribution in [0, 0.1) is 39.9 Å². The number of unbranched alkanes of at least 4 members (excludes halogenated alkanes) is 3. The number of hydrogen-bond acceptors (Lipinski definition) is 8. The molecule has 9 nitrogen and oxygen atoms in total. The predicted molar refractivity (Wildman–Crippen MR) is 257 cm³/mol. The zero-order valence-corrected chi connectivity index (χ0v) is 42.5. The molecular formula is C54H93NO8. The van der Waals surface area contributed by atoms with Crippen LogP contribution in [0.5, 0.6) is 5.75 Å². The van der Waals surface area contributed by atoms with Gasteiger partial charge in [0.25, 0.3) is 6.47 Å². The Labute approximate surface area is 385 Å². The van der Waals surface area contributed by atoms with Gasteiger partial charge in [0.15, 0.2) is 0 Å². The van der Waals surface area contributed by atoms with Gasteiger partial charge in [-0.3, -0.25) is 4.79 Å². The summed E-state index contributed by atoms with van der Waals surface area (Å²) in [5.41, 5.74) is -1.13. The van der Waals surface area contributed by atoms with Gasteiger partial charge in [-0.05, 0) is 172 Å². The molecule has 1 aromatic rings. The van der Waals surface area contributed by atoms with Crippen LogP contribution in [0.2, 0.25) is 0 Å². The summed E-state index contributed by atoms with van der Waals surface area (Å²) in [5, 5.41) is 2.76. The number of nitrogens with one attached hydrogen (secondary N) is 1. The minimum absolute atomic E-state index is 0.0829. The van der Waals surface area contributed by atoms with Crippen molar-refractivity contribution in [3.63, 3.8) is 0 Å². The van der Waals surface area contributed by atoms with Gasteiger partial charge in [-0.2, -0.15) is 0 Å². The first-order valence-electron chi connectivity index (χ1n) is 24.6. The fraction of sp³-hybridized carbons (Fsp3) is 0.815. The van der Waals surface area contributed by atoms with E-state index in [0.29, 0.717) is 49.4 Å². The van der Waals surface area contributed by atoms with Gasteiger partial charge < -0.3 is 33.7 Å². The third kappa shape index (κ3) is 18.3. The summed E-state index contributed by atoms with van der Waals surface area (Å²) in [6, 6.07) is 9.65. The third-order valence-corrected chi connectivity index (χ3v) is 15.0. The zero-order chi connectivity index (χ0) is 47.0. The number of carbonyl (C=O) groups excluding carboxylic acids is 2. The van der Waals surface area contributed by atoms with Crippen molar-refractivity contribution in [3.05, 3.63) is 43.0 Å². The molecule has 0 bridgehead atoms. The van der Waals surface area contributed by atoms with E-state index in [4.69, 9.17) is 28.4 Å². The van der Waals surface area contributed by atoms with Crippen LogP contribution in [-0.2, 0) is 28.5 Å². The normalized spacial score (nSPS) is 23.9. The average Bonchev–Trinajstić information content (AvgIpc) is 3.17. The molecule has 3 rings (SSSR count). The van der Waals surface area contributed by atoms with Gasteiger partial charge in [0.05, 0.1) is 42.5 Å². The summed E-state index contributed by atoms with van der Waals surface area (Å²) in [6.07, 6.45) is 17.5. The first-order chi connectivity index (χ1) is 29.4. The lowest BCUT2D eigenvalue weighted by Gasteiger charge is -2.55. The Morgan fingerprint density at radius 3 is 2.03 bits per heavy atom. The highest BCUT2D eigenvalue weighted by Crippen LogP contribution is 2.59. The lowest BCUT2D eigenvalue weighted by Crippen LogP contribution is -2.48. The highest BCUT2D eigenvalue weighted by Gasteiger charge is 2.50. The van der Waals surface area contributed by atoms with Crippen molar-refractivity contribution in [1.82, 2.24) is 5.32 Å². The number of amides is 1. The Morgan fingerprint density at radius 1 is 0.810 bits per heavy atom. The molecule has 2 aliphatic rings. The van der Waals surface area contributed by atoms with E-state index in [9.17, 15) is 9.59 Å². The maximum atomic E-state index is 12.8. The molecule has 4 atom stereocenters. The Balaban J connectivity index is 1.46. The van der Waals surface area contributed by atoms with E-state index in [1.807, 2.05) is 44.2 Å². The molecule has 1 aromatic carbocycles. The second kappa shape index (κ2) is 24.2. The van der Waals surface area contributed by atoms with E-state index in [1.54, 1.807) is 0 Å². The fourth-order valence-electron chi connectivity index (χ4n) is 10.8. The van der Waals surface area contributed by atoms with Crippen molar-refractivity contribution < 1.29 is 38.0 Å². The van der Waals surface area contributed by atoms with Gasteiger partial charge in [0.1, 0.15) is 11.4 Å². The average molecular weight is 884 g/mol. The number of hydrogen-bond donors (Lipinski definition) is 1. The lowest BCUT2D eigenvalue weighted by atomic mass is 9.51. The van der Waals surface area contributed by atoms with Gasteiger partial charge >= 0.3 is 6.09 Å². The molecule has 2 saturated carbocycles. The molecule has 0 aromatic heterocycles. The molecule has 4 unspecified atom stereocenters. The van der Waals surface area contributed by atoms with Crippen molar-refractivity contribution >= 4 is 12.6 Å². The number of ether oxygens (including phenoxy) is 6. The Morgan fingerprint density at radius 2 is 1.43 bits per heavy atom. The molecule has 1 amide bonds. The highest BCUT2D eigenvalue weighted by molar-refractivity contribution is 5.67. The zero-order valence-electron chi connectivity index (χ0n) is 42.5. The van der Waals surface area contributed by atoms with Crippen LogP contribution in [0.15, 0.2) is 43.0 Å². The van der Waals surface area contributed by atoms with Crippen molar-refractivity contribution in [2.75, 3.05) is 39.6 Å². The van der Waals surface area contributed by atoms with Crippen LogP contribution in [0.1, 0.15) is 180 Å².